The molecular weight excluding hydrogens is 326 g/mol. The molecule has 0 unspecified atom stereocenters. The van der Waals surface area contributed by atoms with E-state index in [1.54, 1.807) is 0 Å². The van der Waals surface area contributed by atoms with Crippen molar-refractivity contribution >= 4 is 27.5 Å². The Morgan fingerprint density at radius 1 is 1.14 bits per heavy atom. The predicted molar refractivity (Wildman–Crippen MR) is 96.3 cm³/mol. The van der Waals surface area contributed by atoms with Crippen molar-refractivity contribution in [1.29, 1.82) is 5.41 Å². The van der Waals surface area contributed by atoms with Crippen LogP contribution in [0.25, 0.3) is 0 Å². The molecule has 0 aliphatic heterocycles. The molecule has 4 heteroatoms. The highest BCUT2D eigenvalue weighted by atomic mass is 79.9. The molecule has 0 atom stereocenters. The summed E-state index contributed by atoms with van der Waals surface area (Å²) in [7, 11) is 0. The standard InChI is InChI=1S/C17H28BrN3/c1-12(2)7-9-21(10-8-13(3)4)16-6-5-14(17(19)20)11-15(16)18/h5-6,11-13H,7-10H2,1-4H3,(H3,19,20). The third-order valence-corrected chi connectivity index (χ3v) is 4.19. The van der Waals surface area contributed by atoms with Crippen molar-refractivity contribution in [3.05, 3.63) is 28.2 Å². The molecule has 0 saturated heterocycles. The molecule has 3 N–H and O–H groups in total. The van der Waals surface area contributed by atoms with E-state index in [-0.39, 0.29) is 5.84 Å². The number of rotatable bonds is 8. The molecule has 0 spiro atoms. The third kappa shape index (κ3) is 6.08. The van der Waals surface area contributed by atoms with E-state index in [1.807, 2.05) is 12.1 Å². The van der Waals surface area contributed by atoms with Gasteiger partial charge in [0.15, 0.2) is 0 Å². The van der Waals surface area contributed by atoms with Crippen LogP contribution >= 0.6 is 15.9 Å². The summed E-state index contributed by atoms with van der Waals surface area (Å²) in [5, 5.41) is 7.53. The molecule has 0 bridgehead atoms. The van der Waals surface area contributed by atoms with Crippen LogP contribution in [-0.2, 0) is 0 Å². The van der Waals surface area contributed by atoms with Gasteiger partial charge in [-0.15, -0.1) is 0 Å². The molecule has 0 aliphatic rings. The second-order valence-electron chi connectivity index (χ2n) is 6.43. The zero-order valence-corrected chi connectivity index (χ0v) is 15.2. The quantitative estimate of drug-likeness (QED) is 0.528. The summed E-state index contributed by atoms with van der Waals surface area (Å²) < 4.78 is 1.02. The number of benzene rings is 1. The highest BCUT2D eigenvalue weighted by Gasteiger charge is 2.12. The van der Waals surface area contributed by atoms with Crippen LogP contribution in [0, 0.1) is 17.2 Å². The molecule has 0 amide bonds. The highest BCUT2D eigenvalue weighted by Crippen LogP contribution is 2.28. The summed E-state index contributed by atoms with van der Waals surface area (Å²) >= 11 is 3.64. The maximum Gasteiger partial charge on any atom is 0.122 e. The zero-order chi connectivity index (χ0) is 16.0. The fourth-order valence-electron chi connectivity index (χ4n) is 2.11. The SMILES string of the molecule is CC(C)CCN(CCC(C)C)c1ccc(C(=N)N)cc1Br. The molecule has 0 fully saturated rings. The maximum absolute atomic E-state index is 7.53. The summed E-state index contributed by atoms with van der Waals surface area (Å²) in [6.07, 6.45) is 2.36. The van der Waals surface area contributed by atoms with Gasteiger partial charge in [0, 0.05) is 23.1 Å². The minimum Gasteiger partial charge on any atom is -0.384 e. The molecule has 0 heterocycles. The van der Waals surface area contributed by atoms with Crippen LogP contribution in [-0.4, -0.2) is 18.9 Å². The first-order chi connectivity index (χ1) is 9.81. The second-order valence-corrected chi connectivity index (χ2v) is 7.29. The molecule has 21 heavy (non-hydrogen) atoms. The number of amidine groups is 1. The number of nitrogen functional groups attached to an aromatic ring is 1. The predicted octanol–water partition coefficient (Wildman–Crippen LogP) is 4.63. The van der Waals surface area contributed by atoms with Gasteiger partial charge in [-0.2, -0.15) is 0 Å². The van der Waals surface area contributed by atoms with Gasteiger partial charge in [-0.05, 0) is 58.8 Å². The minimum absolute atomic E-state index is 0.109. The molecule has 1 rings (SSSR count). The lowest BCUT2D eigenvalue weighted by Crippen LogP contribution is -2.28. The van der Waals surface area contributed by atoms with Crippen molar-refractivity contribution in [2.75, 3.05) is 18.0 Å². The van der Waals surface area contributed by atoms with E-state index in [9.17, 15) is 0 Å². The molecule has 0 aliphatic carbocycles. The number of nitrogens with zero attached hydrogens (tertiary/aromatic N) is 1. The average molecular weight is 354 g/mol. The van der Waals surface area contributed by atoms with E-state index in [1.165, 1.54) is 18.5 Å². The third-order valence-electron chi connectivity index (χ3n) is 3.55. The van der Waals surface area contributed by atoms with Gasteiger partial charge in [0.05, 0.1) is 5.69 Å². The Morgan fingerprint density at radius 2 is 1.67 bits per heavy atom. The van der Waals surface area contributed by atoms with Crippen LogP contribution in [0.3, 0.4) is 0 Å². The van der Waals surface area contributed by atoms with Crippen LogP contribution in [0.15, 0.2) is 22.7 Å². The van der Waals surface area contributed by atoms with E-state index in [0.717, 1.165) is 23.1 Å². The summed E-state index contributed by atoms with van der Waals surface area (Å²) in [5.41, 5.74) is 7.51. The van der Waals surface area contributed by atoms with Gasteiger partial charge in [-0.3, -0.25) is 5.41 Å². The highest BCUT2D eigenvalue weighted by molar-refractivity contribution is 9.10. The van der Waals surface area contributed by atoms with Gasteiger partial charge < -0.3 is 10.6 Å². The Bertz CT molecular complexity index is 457. The second kappa shape index (κ2) is 8.42. The fraction of sp³-hybridized carbons (Fsp3) is 0.588. The molecule has 1 aromatic carbocycles. The Morgan fingerprint density at radius 3 is 2.05 bits per heavy atom. The Balaban J connectivity index is 2.92. The number of nitrogens with two attached hydrogens (primary N) is 1. The molecule has 0 aromatic heterocycles. The van der Waals surface area contributed by atoms with E-state index in [4.69, 9.17) is 11.1 Å². The molecule has 1 aromatic rings. The van der Waals surface area contributed by atoms with E-state index in [2.05, 4.69) is 54.6 Å². The first-order valence-corrected chi connectivity index (χ1v) is 8.49. The number of anilines is 1. The first-order valence-electron chi connectivity index (χ1n) is 7.70. The fourth-order valence-corrected chi connectivity index (χ4v) is 2.74. The van der Waals surface area contributed by atoms with Crippen molar-refractivity contribution < 1.29 is 0 Å². The van der Waals surface area contributed by atoms with Crippen LogP contribution in [0.5, 0.6) is 0 Å². The maximum atomic E-state index is 7.53. The largest absolute Gasteiger partial charge is 0.384 e. The molecule has 0 radical (unpaired) electrons. The molecule has 0 saturated carbocycles. The smallest absolute Gasteiger partial charge is 0.122 e. The topological polar surface area (TPSA) is 53.1 Å². The molecule has 3 nitrogen and oxygen atoms in total. The van der Waals surface area contributed by atoms with Crippen LogP contribution in [0.2, 0.25) is 0 Å². The van der Waals surface area contributed by atoms with Gasteiger partial charge in [-0.25, -0.2) is 0 Å². The lowest BCUT2D eigenvalue weighted by molar-refractivity contribution is 0.535. The average Bonchev–Trinajstić information content (AvgIpc) is 2.38. The van der Waals surface area contributed by atoms with E-state index in [0.29, 0.717) is 11.8 Å². The summed E-state index contributed by atoms with van der Waals surface area (Å²) in [6.45, 7) is 11.1. The minimum atomic E-state index is 0.109. The van der Waals surface area contributed by atoms with E-state index >= 15 is 0 Å². The first kappa shape index (κ1) is 18.0. The summed E-state index contributed by atoms with van der Waals surface area (Å²) in [6, 6.07) is 5.94. The van der Waals surface area contributed by atoms with Crippen LogP contribution < -0.4 is 10.6 Å². The van der Waals surface area contributed by atoms with Gasteiger partial charge >= 0.3 is 0 Å². The Hall–Kier alpha value is -1.03. The van der Waals surface area contributed by atoms with Crippen LogP contribution in [0.4, 0.5) is 5.69 Å². The lowest BCUT2D eigenvalue weighted by atomic mass is 10.1. The van der Waals surface area contributed by atoms with Crippen molar-refractivity contribution in [2.24, 2.45) is 17.6 Å². The number of halogens is 1. The summed E-state index contributed by atoms with van der Waals surface area (Å²) in [5.74, 6) is 1.50. The van der Waals surface area contributed by atoms with Crippen molar-refractivity contribution in [3.63, 3.8) is 0 Å². The van der Waals surface area contributed by atoms with Crippen molar-refractivity contribution in [3.8, 4) is 0 Å². The van der Waals surface area contributed by atoms with Gasteiger partial charge in [-0.1, -0.05) is 27.7 Å². The van der Waals surface area contributed by atoms with Gasteiger partial charge in [0.1, 0.15) is 5.84 Å². The van der Waals surface area contributed by atoms with Gasteiger partial charge in [0.2, 0.25) is 0 Å². The van der Waals surface area contributed by atoms with E-state index < -0.39 is 0 Å². The lowest BCUT2D eigenvalue weighted by Gasteiger charge is -2.28. The molecule has 118 valence electrons. The number of nitrogens with one attached hydrogen (secondary N) is 1. The number of hydrogen-bond acceptors (Lipinski definition) is 2. The monoisotopic (exact) mass is 353 g/mol. The van der Waals surface area contributed by atoms with Crippen molar-refractivity contribution in [1.82, 2.24) is 0 Å². The normalized spacial score (nSPS) is 11.2. The zero-order valence-electron chi connectivity index (χ0n) is 13.6. The summed E-state index contributed by atoms with van der Waals surface area (Å²) in [4.78, 5) is 2.44. The molecular formula is C17H28BrN3. The van der Waals surface area contributed by atoms with Gasteiger partial charge in [0.25, 0.3) is 0 Å². The van der Waals surface area contributed by atoms with Crippen molar-refractivity contribution in [2.45, 2.75) is 40.5 Å². The van der Waals surface area contributed by atoms with Crippen LogP contribution in [0.1, 0.15) is 46.1 Å². The number of hydrogen-bond donors (Lipinski definition) is 2. The Kier molecular flexibility index (Phi) is 7.23. The Labute approximate surface area is 137 Å².